The Labute approximate surface area is 188 Å². The number of amides is 2. The van der Waals surface area contributed by atoms with E-state index in [0.29, 0.717) is 29.2 Å². The van der Waals surface area contributed by atoms with Gasteiger partial charge in [-0.05, 0) is 55.7 Å². The second-order valence-corrected chi connectivity index (χ2v) is 7.67. The van der Waals surface area contributed by atoms with Crippen molar-refractivity contribution in [3.8, 4) is 5.75 Å². The third-order valence-corrected chi connectivity index (χ3v) is 5.44. The number of rotatable bonds is 7. The van der Waals surface area contributed by atoms with Crippen LogP contribution in [-0.4, -0.2) is 18.4 Å². The largest absolute Gasteiger partial charge is 0.494 e. The molecule has 0 radical (unpaired) electrons. The highest BCUT2D eigenvalue weighted by Gasteiger charge is 2.40. The van der Waals surface area contributed by atoms with Gasteiger partial charge in [0.25, 0.3) is 11.8 Å². The second kappa shape index (κ2) is 9.10. The van der Waals surface area contributed by atoms with Gasteiger partial charge in [0.1, 0.15) is 11.4 Å². The molecule has 162 valence electrons. The van der Waals surface area contributed by atoms with E-state index in [9.17, 15) is 9.59 Å². The lowest BCUT2D eigenvalue weighted by molar-refractivity contribution is -0.120. The van der Waals surface area contributed by atoms with Crippen LogP contribution in [-0.2, 0) is 16.0 Å². The third-order valence-electron chi connectivity index (χ3n) is 5.44. The van der Waals surface area contributed by atoms with E-state index in [1.807, 2.05) is 62.4 Å². The summed E-state index contributed by atoms with van der Waals surface area (Å²) in [5.74, 6) is -0.141. The summed E-state index contributed by atoms with van der Waals surface area (Å²) >= 11 is 0. The van der Waals surface area contributed by atoms with Crippen LogP contribution in [0.3, 0.4) is 0 Å². The monoisotopic (exact) mass is 426 g/mol. The van der Waals surface area contributed by atoms with Crippen LogP contribution in [0, 0.1) is 6.92 Å². The van der Waals surface area contributed by atoms with Crippen molar-refractivity contribution in [2.45, 2.75) is 27.2 Å². The van der Waals surface area contributed by atoms with Gasteiger partial charge >= 0.3 is 0 Å². The Morgan fingerprint density at radius 1 is 0.875 bits per heavy atom. The van der Waals surface area contributed by atoms with Gasteiger partial charge in [-0.15, -0.1) is 0 Å². The summed E-state index contributed by atoms with van der Waals surface area (Å²) in [7, 11) is 0. The summed E-state index contributed by atoms with van der Waals surface area (Å²) < 4.78 is 5.57. The molecule has 3 aromatic rings. The van der Waals surface area contributed by atoms with E-state index < -0.39 is 5.91 Å². The zero-order chi connectivity index (χ0) is 22.7. The normalized spacial score (nSPS) is 13.7. The van der Waals surface area contributed by atoms with E-state index in [-0.39, 0.29) is 11.6 Å². The fourth-order valence-corrected chi connectivity index (χ4v) is 3.72. The highest BCUT2D eigenvalue weighted by molar-refractivity contribution is 6.46. The number of carbonyl (C=O) groups excluding carboxylic acids is 2. The van der Waals surface area contributed by atoms with Crippen LogP contribution in [0.2, 0.25) is 0 Å². The van der Waals surface area contributed by atoms with Gasteiger partial charge in [0.2, 0.25) is 0 Å². The molecule has 0 saturated heterocycles. The van der Waals surface area contributed by atoms with Gasteiger partial charge in [-0.2, -0.15) is 0 Å². The van der Waals surface area contributed by atoms with Crippen LogP contribution in [0.15, 0.2) is 78.5 Å². The standard InChI is InChI=1S/C27H26N2O3/c1-4-19-11-15-21(16-12-19)28-25-24(20-13-9-18(3)10-14-20)26(30)29(27(25)31)22-7-6-8-23(17-22)32-5-2/h6-17,28H,4-5H2,1-3H3. The highest BCUT2D eigenvalue weighted by atomic mass is 16.5. The number of hydrogen-bond donors (Lipinski definition) is 1. The lowest BCUT2D eigenvalue weighted by Crippen LogP contribution is -2.32. The quantitative estimate of drug-likeness (QED) is 0.517. The molecule has 0 spiro atoms. The summed E-state index contributed by atoms with van der Waals surface area (Å²) in [5, 5.41) is 3.21. The zero-order valence-corrected chi connectivity index (χ0v) is 18.5. The maximum Gasteiger partial charge on any atom is 0.282 e. The molecule has 2 amide bonds. The van der Waals surface area contributed by atoms with Gasteiger partial charge in [0.15, 0.2) is 0 Å². The van der Waals surface area contributed by atoms with Crippen LogP contribution < -0.4 is 15.0 Å². The van der Waals surface area contributed by atoms with Gasteiger partial charge in [-0.3, -0.25) is 9.59 Å². The van der Waals surface area contributed by atoms with Crippen molar-refractivity contribution in [2.24, 2.45) is 0 Å². The molecule has 0 bridgehead atoms. The molecule has 0 unspecified atom stereocenters. The summed E-state index contributed by atoms with van der Waals surface area (Å²) in [4.78, 5) is 28.3. The summed E-state index contributed by atoms with van der Waals surface area (Å²) in [6, 6.07) is 22.5. The fourth-order valence-electron chi connectivity index (χ4n) is 3.72. The van der Waals surface area contributed by atoms with Gasteiger partial charge in [0.05, 0.1) is 17.9 Å². The lowest BCUT2D eigenvalue weighted by atomic mass is 10.0. The number of nitrogens with one attached hydrogen (secondary N) is 1. The number of hydrogen-bond acceptors (Lipinski definition) is 4. The van der Waals surface area contributed by atoms with Crippen LogP contribution >= 0.6 is 0 Å². The number of aryl methyl sites for hydroxylation is 2. The number of imide groups is 1. The SMILES string of the molecule is CCOc1cccc(N2C(=O)C(Nc3ccc(CC)cc3)=C(c3ccc(C)cc3)C2=O)c1. The zero-order valence-electron chi connectivity index (χ0n) is 18.5. The highest BCUT2D eigenvalue weighted by Crippen LogP contribution is 2.35. The lowest BCUT2D eigenvalue weighted by Gasteiger charge is -2.16. The Morgan fingerprint density at radius 3 is 2.25 bits per heavy atom. The number of ether oxygens (including phenoxy) is 1. The van der Waals surface area contributed by atoms with Crippen molar-refractivity contribution in [1.82, 2.24) is 0 Å². The Hall–Kier alpha value is -3.86. The van der Waals surface area contributed by atoms with Crippen LogP contribution in [0.25, 0.3) is 5.57 Å². The molecular weight excluding hydrogens is 400 g/mol. The van der Waals surface area contributed by atoms with Crippen molar-refractivity contribution < 1.29 is 14.3 Å². The second-order valence-electron chi connectivity index (χ2n) is 7.67. The minimum atomic E-state index is -0.390. The summed E-state index contributed by atoms with van der Waals surface area (Å²) in [5.41, 5.74) is 4.84. The minimum Gasteiger partial charge on any atom is -0.494 e. The molecule has 1 aliphatic rings. The molecule has 0 aliphatic carbocycles. The van der Waals surface area contributed by atoms with Crippen molar-refractivity contribution in [3.05, 3.63) is 95.2 Å². The molecule has 0 saturated carbocycles. The van der Waals surface area contributed by atoms with Crippen LogP contribution in [0.4, 0.5) is 11.4 Å². The van der Waals surface area contributed by atoms with Crippen LogP contribution in [0.1, 0.15) is 30.5 Å². The van der Waals surface area contributed by atoms with Gasteiger partial charge in [-0.25, -0.2) is 4.90 Å². The molecule has 0 fully saturated rings. The molecule has 0 aromatic heterocycles. The van der Waals surface area contributed by atoms with E-state index in [4.69, 9.17) is 4.74 Å². The first-order valence-electron chi connectivity index (χ1n) is 10.8. The van der Waals surface area contributed by atoms with Crippen molar-refractivity contribution in [1.29, 1.82) is 0 Å². The van der Waals surface area contributed by atoms with Crippen molar-refractivity contribution in [2.75, 3.05) is 16.8 Å². The predicted octanol–water partition coefficient (Wildman–Crippen LogP) is 5.35. The van der Waals surface area contributed by atoms with E-state index in [1.54, 1.807) is 24.3 Å². The molecule has 5 nitrogen and oxygen atoms in total. The van der Waals surface area contributed by atoms with E-state index >= 15 is 0 Å². The number of carbonyl (C=O) groups is 2. The maximum atomic E-state index is 13.5. The number of anilines is 2. The Kier molecular flexibility index (Phi) is 6.08. The first kappa shape index (κ1) is 21.4. The number of nitrogens with zero attached hydrogens (tertiary/aromatic N) is 1. The van der Waals surface area contributed by atoms with E-state index in [1.165, 1.54) is 10.5 Å². The topological polar surface area (TPSA) is 58.6 Å². The van der Waals surface area contributed by atoms with Gasteiger partial charge in [-0.1, -0.05) is 55.0 Å². The molecule has 1 aliphatic heterocycles. The average molecular weight is 427 g/mol. The smallest absolute Gasteiger partial charge is 0.282 e. The molecule has 1 heterocycles. The van der Waals surface area contributed by atoms with E-state index in [2.05, 4.69) is 12.2 Å². The molecule has 1 N–H and O–H groups in total. The van der Waals surface area contributed by atoms with Gasteiger partial charge in [0, 0.05) is 11.8 Å². The molecular formula is C27H26N2O3. The molecule has 3 aromatic carbocycles. The number of benzene rings is 3. The first-order valence-corrected chi connectivity index (χ1v) is 10.8. The summed E-state index contributed by atoms with van der Waals surface area (Å²) in [6.45, 7) is 6.47. The molecule has 5 heteroatoms. The third kappa shape index (κ3) is 4.14. The summed E-state index contributed by atoms with van der Waals surface area (Å²) in [6.07, 6.45) is 0.930. The van der Waals surface area contributed by atoms with Crippen molar-refractivity contribution in [3.63, 3.8) is 0 Å². The Balaban J connectivity index is 1.77. The van der Waals surface area contributed by atoms with Crippen LogP contribution in [0.5, 0.6) is 5.75 Å². The predicted molar refractivity (Wildman–Crippen MR) is 128 cm³/mol. The molecule has 0 atom stereocenters. The molecule has 4 rings (SSSR count). The fraction of sp³-hybridized carbons (Fsp3) is 0.185. The molecule has 32 heavy (non-hydrogen) atoms. The Morgan fingerprint density at radius 2 is 1.59 bits per heavy atom. The minimum absolute atomic E-state index is 0.268. The Bertz CT molecular complexity index is 1180. The van der Waals surface area contributed by atoms with E-state index in [0.717, 1.165) is 17.7 Å². The average Bonchev–Trinajstić information content (AvgIpc) is 3.04. The van der Waals surface area contributed by atoms with Crippen molar-refractivity contribution >= 4 is 28.8 Å². The first-order chi connectivity index (χ1) is 15.5. The van der Waals surface area contributed by atoms with Gasteiger partial charge < -0.3 is 10.1 Å². The maximum absolute atomic E-state index is 13.5.